The monoisotopic (exact) mass is 472 g/mol. The van der Waals surface area contributed by atoms with Crippen LogP contribution < -0.4 is 5.73 Å². The smallest absolute Gasteiger partial charge is 0.0899 e. The highest BCUT2D eigenvalue weighted by Gasteiger charge is 2.34. The third-order valence-electron chi connectivity index (χ3n) is 7.15. The third kappa shape index (κ3) is 4.39. The van der Waals surface area contributed by atoms with Gasteiger partial charge in [0.05, 0.1) is 30.1 Å². The zero-order valence-corrected chi connectivity index (χ0v) is 20.1. The highest BCUT2D eigenvalue weighted by molar-refractivity contribution is 5.92. The Balaban J connectivity index is 1.39. The molecule has 0 bridgehead atoms. The topological polar surface area (TPSA) is 73.9 Å². The predicted molar refractivity (Wildman–Crippen MR) is 143 cm³/mol. The van der Waals surface area contributed by atoms with E-state index in [4.69, 9.17) is 15.5 Å². The first-order valence-electron chi connectivity index (χ1n) is 12.4. The summed E-state index contributed by atoms with van der Waals surface area (Å²) in [5.41, 5.74) is 14.7. The first kappa shape index (κ1) is 22.5. The number of aromatic nitrogens is 3. The molecule has 178 valence electrons. The molecule has 1 fully saturated rings. The number of nitrogens with two attached hydrogens (primary N) is 1. The van der Waals surface area contributed by atoms with E-state index in [2.05, 4.69) is 64.6 Å². The van der Waals surface area contributed by atoms with Crippen LogP contribution in [0.15, 0.2) is 97.5 Å². The van der Waals surface area contributed by atoms with E-state index >= 15 is 0 Å². The van der Waals surface area contributed by atoms with Crippen molar-refractivity contribution in [1.82, 2.24) is 15.0 Å². The zero-order chi connectivity index (χ0) is 24.4. The van der Waals surface area contributed by atoms with Gasteiger partial charge in [0.2, 0.25) is 0 Å². The van der Waals surface area contributed by atoms with Gasteiger partial charge in [0.1, 0.15) is 0 Å². The van der Waals surface area contributed by atoms with Gasteiger partial charge in [0.25, 0.3) is 0 Å². The number of benzene rings is 2. The van der Waals surface area contributed by atoms with Gasteiger partial charge >= 0.3 is 0 Å². The van der Waals surface area contributed by atoms with Crippen molar-refractivity contribution in [1.29, 1.82) is 0 Å². The molecule has 0 amide bonds. The predicted octanol–water partition coefficient (Wildman–Crippen LogP) is 6.41. The van der Waals surface area contributed by atoms with Crippen molar-refractivity contribution in [3.05, 3.63) is 114 Å². The molecule has 5 nitrogen and oxygen atoms in total. The molecular weight excluding hydrogens is 444 g/mol. The average molecular weight is 473 g/mol. The summed E-state index contributed by atoms with van der Waals surface area (Å²) in [5.74, 6) is 0. The summed E-state index contributed by atoms with van der Waals surface area (Å²) in [4.78, 5) is 13.8. The van der Waals surface area contributed by atoms with Crippen LogP contribution in [-0.2, 0) is 23.5 Å². The molecule has 5 heteroatoms. The first-order chi connectivity index (χ1) is 17.7. The van der Waals surface area contributed by atoms with Gasteiger partial charge in [-0.15, -0.1) is 0 Å². The number of nitrogens with zero attached hydrogens (tertiary/aromatic N) is 3. The molecule has 6 rings (SSSR count). The van der Waals surface area contributed by atoms with Crippen molar-refractivity contribution in [3.8, 4) is 22.4 Å². The number of hydrogen-bond donors (Lipinski definition) is 1. The Kier molecular flexibility index (Phi) is 6.01. The fraction of sp³-hybridized carbons (Fsp3) is 0.194. The van der Waals surface area contributed by atoms with Crippen LogP contribution >= 0.6 is 0 Å². The molecule has 0 atom stereocenters. The van der Waals surface area contributed by atoms with Crippen LogP contribution in [-0.4, -0.2) is 15.0 Å². The normalized spacial score (nSPS) is 14.5. The van der Waals surface area contributed by atoms with Crippen molar-refractivity contribution in [3.63, 3.8) is 0 Å². The molecule has 1 saturated carbocycles. The quantitative estimate of drug-likeness (QED) is 0.296. The van der Waals surface area contributed by atoms with E-state index in [1.807, 2.05) is 30.5 Å². The summed E-state index contributed by atoms with van der Waals surface area (Å²) in [6, 6.07) is 27.1. The minimum Gasteiger partial charge on any atom is -0.370 e. The van der Waals surface area contributed by atoms with E-state index in [0.717, 1.165) is 57.4 Å². The molecule has 0 saturated heterocycles. The van der Waals surface area contributed by atoms with Crippen molar-refractivity contribution >= 4 is 10.9 Å². The van der Waals surface area contributed by atoms with Crippen LogP contribution in [0.4, 0.5) is 0 Å². The molecule has 1 aliphatic carbocycles. The van der Waals surface area contributed by atoms with Crippen molar-refractivity contribution in [2.45, 2.75) is 38.0 Å². The van der Waals surface area contributed by atoms with Crippen LogP contribution in [0.3, 0.4) is 0 Å². The van der Waals surface area contributed by atoms with E-state index in [9.17, 15) is 0 Å². The van der Waals surface area contributed by atoms with Gasteiger partial charge in [-0.05, 0) is 60.2 Å². The maximum Gasteiger partial charge on any atom is 0.0899 e. The number of fused-ring (bicyclic) bond motifs is 1. The second-order valence-electron chi connectivity index (χ2n) is 9.51. The van der Waals surface area contributed by atoms with Gasteiger partial charge in [-0.3, -0.25) is 9.97 Å². The minimum atomic E-state index is -0.172. The van der Waals surface area contributed by atoms with Crippen molar-refractivity contribution in [2.75, 3.05) is 0 Å². The van der Waals surface area contributed by atoms with Crippen LogP contribution in [0.1, 0.15) is 36.1 Å². The second kappa shape index (κ2) is 9.61. The molecule has 3 aromatic heterocycles. The Labute approximate surface area is 211 Å². The summed E-state index contributed by atoms with van der Waals surface area (Å²) >= 11 is 0. The maximum absolute atomic E-state index is 6.56. The van der Waals surface area contributed by atoms with Gasteiger partial charge in [-0.2, -0.15) is 0 Å². The van der Waals surface area contributed by atoms with Crippen molar-refractivity contribution in [2.24, 2.45) is 5.73 Å². The molecule has 0 aliphatic heterocycles. The second-order valence-corrected chi connectivity index (χ2v) is 9.51. The highest BCUT2D eigenvalue weighted by atomic mass is 16.5. The first-order valence-corrected chi connectivity index (χ1v) is 12.4. The van der Waals surface area contributed by atoms with Gasteiger partial charge in [0, 0.05) is 40.6 Å². The summed E-state index contributed by atoms with van der Waals surface area (Å²) in [5, 5.41) is 1.00. The zero-order valence-electron chi connectivity index (χ0n) is 20.1. The Morgan fingerprint density at radius 1 is 0.806 bits per heavy atom. The molecule has 36 heavy (non-hydrogen) atoms. The van der Waals surface area contributed by atoms with E-state index < -0.39 is 0 Å². The molecule has 5 aromatic rings. The number of ether oxygens (including phenoxy) is 1. The lowest BCUT2D eigenvalue weighted by atomic mass is 9.72. The molecule has 2 aromatic carbocycles. The molecule has 0 radical (unpaired) electrons. The lowest BCUT2D eigenvalue weighted by Gasteiger charge is -2.38. The fourth-order valence-corrected chi connectivity index (χ4v) is 4.88. The average Bonchev–Trinajstić information content (AvgIpc) is 2.92. The Hall–Kier alpha value is -3.93. The SMILES string of the molecule is NC1(c2ccc(-c3nc4ccnc(COCc5ccncc5)c4cc3-c3ccccc3)cc2)CCC1. The van der Waals surface area contributed by atoms with E-state index in [1.54, 1.807) is 12.4 Å². The van der Waals surface area contributed by atoms with E-state index in [0.29, 0.717) is 13.2 Å². The number of hydrogen-bond acceptors (Lipinski definition) is 5. The third-order valence-corrected chi connectivity index (χ3v) is 7.15. The lowest BCUT2D eigenvalue weighted by Crippen LogP contribution is -2.43. The molecule has 2 N–H and O–H groups in total. The van der Waals surface area contributed by atoms with Crippen LogP contribution in [0, 0.1) is 0 Å². The van der Waals surface area contributed by atoms with Crippen LogP contribution in [0.5, 0.6) is 0 Å². The van der Waals surface area contributed by atoms with Gasteiger partial charge < -0.3 is 10.5 Å². The highest BCUT2D eigenvalue weighted by Crippen LogP contribution is 2.40. The Bertz CT molecular complexity index is 1480. The van der Waals surface area contributed by atoms with Crippen LogP contribution in [0.2, 0.25) is 0 Å². The van der Waals surface area contributed by atoms with Gasteiger partial charge in [0.15, 0.2) is 0 Å². The minimum absolute atomic E-state index is 0.172. The standard InChI is InChI=1S/C31H28N4O/c32-31(14-4-15-31)25-9-7-24(8-10-25)30-26(23-5-2-1-3-6-23)19-27-28(35-30)13-18-34-29(27)21-36-20-22-11-16-33-17-12-22/h1-3,5-13,16-19H,4,14-15,20-21,32H2. The molecule has 1 aliphatic rings. The van der Waals surface area contributed by atoms with Crippen LogP contribution in [0.25, 0.3) is 33.3 Å². The van der Waals surface area contributed by atoms with E-state index in [1.165, 1.54) is 12.0 Å². The van der Waals surface area contributed by atoms with Gasteiger partial charge in [-0.25, -0.2) is 4.98 Å². The molecular formula is C31H28N4O. The number of rotatable bonds is 7. The summed E-state index contributed by atoms with van der Waals surface area (Å²) < 4.78 is 6.01. The lowest BCUT2D eigenvalue weighted by molar-refractivity contribution is 0.105. The largest absolute Gasteiger partial charge is 0.370 e. The maximum atomic E-state index is 6.56. The summed E-state index contributed by atoms with van der Waals surface area (Å²) in [6.07, 6.45) is 8.66. The van der Waals surface area contributed by atoms with E-state index in [-0.39, 0.29) is 5.54 Å². The summed E-state index contributed by atoms with van der Waals surface area (Å²) in [7, 11) is 0. The Morgan fingerprint density at radius 3 is 2.31 bits per heavy atom. The Morgan fingerprint density at radius 2 is 1.58 bits per heavy atom. The summed E-state index contributed by atoms with van der Waals surface area (Å²) in [6.45, 7) is 0.912. The van der Waals surface area contributed by atoms with Gasteiger partial charge in [-0.1, -0.05) is 54.6 Å². The molecule has 0 unspecified atom stereocenters. The molecule has 3 heterocycles. The fourth-order valence-electron chi connectivity index (χ4n) is 4.88. The van der Waals surface area contributed by atoms with Crippen molar-refractivity contribution < 1.29 is 4.74 Å². The number of pyridine rings is 3. The molecule has 0 spiro atoms.